The third-order valence-electron chi connectivity index (χ3n) is 1.58. The molecule has 0 aliphatic carbocycles. The minimum absolute atomic E-state index is 1.26. The zero-order valence-corrected chi connectivity index (χ0v) is 8.60. The van der Waals surface area contributed by atoms with Crippen LogP contribution in [0.4, 0.5) is 0 Å². The molecule has 0 N–H and O–H groups in total. The maximum Gasteiger partial charge on any atom is 0.0188 e. The molecule has 0 nitrogen and oxygen atoms in total. The molecule has 0 aliphatic rings. The summed E-state index contributed by atoms with van der Waals surface area (Å²) in [6.45, 7) is 2.15. The predicted octanol–water partition coefficient (Wildman–Crippen LogP) is 3.24. The number of thioether (sulfide) groups is 2. The summed E-state index contributed by atoms with van der Waals surface area (Å²) >= 11 is 3.55. The normalized spacial score (nSPS) is 10.1. The second kappa shape index (κ2) is 4.07. The van der Waals surface area contributed by atoms with Crippen LogP contribution in [0.25, 0.3) is 0 Å². The zero-order valence-electron chi connectivity index (χ0n) is 6.97. The van der Waals surface area contributed by atoms with Crippen molar-refractivity contribution >= 4 is 23.5 Å². The Hall–Kier alpha value is -0.0800. The van der Waals surface area contributed by atoms with E-state index in [0.29, 0.717) is 0 Å². The lowest BCUT2D eigenvalue weighted by atomic mass is 10.2. The Labute approximate surface area is 76.8 Å². The van der Waals surface area contributed by atoms with Gasteiger partial charge in [0.1, 0.15) is 0 Å². The van der Waals surface area contributed by atoms with Gasteiger partial charge in [-0.1, -0.05) is 6.07 Å². The van der Waals surface area contributed by atoms with E-state index in [1.165, 1.54) is 15.4 Å². The van der Waals surface area contributed by atoms with Gasteiger partial charge in [-0.15, -0.1) is 23.5 Å². The SMILES string of the molecule is CSc1[c]ccc(SC)c1C. The van der Waals surface area contributed by atoms with E-state index in [2.05, 4.69) is 31.6 Å². The predicted molar refractivity (Wildman–Crippen MR) is 53.6 cm³/mol. The van der Waals surface area contributed by atoms with Crippen molar-refractivity contribution in [3.63, 3.8) is 0 Å². The van der Waals surface area contributed by atoms with Gasteiger partial charge in [0.2, 0.25) is 0 Å². The van der Waals surface area contributed by atoms with Gasteiger partial charge in [0.25, 0.3) is 0 Å². The molecule has 0 saturated heterocycles. The molecule has 0 unspecified atom stereocenters. The van der Waals surface area contributed by atoms with E-state index in [1.807, 2.05) is 6.07 Å². The van der Waals surface area contributed by atoms with Crippen LogP contribution >= 0.6 is 23.5 Å². The van der Waals surface area contributed by atoms with Crippen molar-refractivity contribution in [3.8, 4) is 0 Å². The van der Waals surface area contributed by atoms with Crippen molar-refractivity contribution in [2.45, 2.75) is 16.7 Å². The summed E-state index contributed by atoms with van der Waals surface area (Å²) in [4.78, 5) is 2.62. The molecule has 2 heteroatoms. The van der Waals surface area contributed by atoms with Crippen molar-refractivity contribution in [2.75, 3.05) is 12.5 Å². The Balaban J connectivity index is 3.10. The topological polar surface area (TPSA) is 0 Å². The molecule has 0 amide bonds. The summed E-state index contributed by atoms with van der Waals surface area (Å²) in [5.41, 5.74) is 1.35. The van der Waals surface area contributed by atoms with Crippen molar-refractivity contribution in [2.24, 2.45) is 0 Å². The molecule has 1 aromatic carbocycles. The van der Waals surface area contributed by atoms with Gasteiger partial charge in [-0.2, -0.15) is 0 Å². The van der Waals surface area contributed by atoms with Gasteiger partial charge in [0.05, 0.1) is 0 Å². The average Bonchev–Trinajstić information content (AvgIpc) is 2.05. The highest BCUT2D eigenvalue weighted by Gasteiger charge is 2.00. The fourth-order valence-corrected chi connectivity index (χ4v) is 2.25. The lowest BCUT2D eigenvalue weighted by molar-refractivity contribution is 1.19. The van der Waals surface area contributed by atoms with Crippen LogP contribution in [-0.4, -0.2) is 12.5 Å². The van der Waals surface area contributed by atoms with Gasteiger partial charge in [-0.3, -0.25) is 0 Å². The Kier molecular flexibility index (Phi) is 3.34. The summed E-state index contributed by atoms with van der Waals surface area (Å²) in [7, 11) is 0. The smallest absolute Gasteiger partial charge is 0.0188 e. The molecule has 0 aliphatic heterocycles. The molecule has 59 valence electrons. The first-order valence-electron chi connectivity index (χ1n) is 3.39. The second-order valence-corrected chi connectivity index (χ2v) is 3.87. The standard InChI is InChI=1S/C9H11S2/c1-7-8(10-2)5-4-6-9(7)11-3/h4-5H,1-3H3. The number of hydrogen-bond acceptors (Lipinski definition) is 2. The molecule has 1 rings (SSSR count). The summed E-state index contributed by atoms with van der Waals surface area (Å²) in [6, 6.07) is 7.31. The molecule has 0 fully saturated rings. The van der Waals surface area contributed by atoms with E-state index < -0.39 is 0 Å². The van der Waals surface area contributed by atoms with Crippen LogP contribution in [0, 0.1) is 13.0 Å². The average molecular weight is 183 g/mol. The van der Waals surface area contributed by atoms with Crippen LogP contribution in [0.3, 0.4) is 0 Å². The first-order valence-corrected chi connectivity index (χ1v) is 5.83. The number of benzene rings is 1. The molecule has 0 aromatic heterocycles. The van der Waals surface area contributed by atoms with Gasteiger partial charge < -0.3 is 0 Å². The molecular weight excluding hydrogens is 172 g/mol. The van der Waals surface area contributed by atoms with Crippen molar-refractivity contribution in [1.82, 2.24) is 0 Å². The second-order valence-electron chi connectivity index (χ2n) is 2.20. The van der Waals surface area contributed by atoms with E-state index >= 15 is 0 Å². The molecule has 0 bridgehead atoms. The molecule has 11 heavy (non-hydrogen) atoms. The maximum atomic E-state index is 3.21. The Morgan fingerprint density at radius 1 is 1.27 bits per heavy atom. The lowest BCUT2D eigenvalue weighted by Crippen LogP contribution is -1.82. The maximum absolute atomic E-state index is 3.21. The fourth-order valence-electron chi connectivity index (χ4n) is 0.971. The summed E-state index contributed by atoms with van der Waals surface area (Å²) < 4.78 is 0. The van der Waals surface area contributed by atoms with Crippen LogP contribution in [0.2, 0.25) is 0 Å². The van der Waals surface area contributed by atoms with E-state index in [0.717, 1.165) is 0 Å². The van der Waals surface area contributed by atoms with Gasteiger partial charge in [-0.25, -0.2) is 0 Å². The third kappa shape index (κ3) is 1.94. The van der Waals surface area contributed by atoms with Crippen LogP contribution < -0.4 is 0 Å². The van der Waals surface area contributed by atoms with Crippen molar-refractivity contribution < 1.29 is 0 Å². The lowest BCUT2D eigenvalue weighted by Gasteiger charge is -2.05. The Morgan fingerprint density at radius 2 is 2.00 bits per heavy atom. The molecule has 0 heterocycles. The fraction of sp³-hybridized carbons (Fsp3) is 0.333. The Bertz CT molecular complexity index is 221. The first kappa shape index (κ1) is 9.01. The molecule has 0 atom stereocenters. The number of hydrogen-bond donors (Lipinski definition) is 0. The summed E-state index contributed by atoms with van der Waals surface area (Å²) in [5, 5.41) is 0. The van der Waals surface area contributed by atoms with Crippen LogP contribution in [0.15, 0.2) is 21.9 Å². The van der Waals surface area contributed by atoms with Crippen LogP contribution in [0.5, 0.6) is 0 Å². The highest BCUT2D eigenvalue weighted by molar-refractivity contribution is 7.99. The van der Waals surface area contributed by atoms with Crippen molar-refractivity contribution in [1.29, 1.82) is 0 Å². The van der Waals surface area contributed by atoms with Gasteiger partial charge in [0.15, 0.2) is 0 Å². The Morgan fingerprint density at radius 3 is 2.55 bits per heavy atom. The highest BCUT2D eigenvalue weighted by atomic mass is 32.2. The summed E-state index contributed by atoms with van der Waals surface area (Å²) in [5.74, 6) is 0. The minimum atomic E-state index is 1.26. The molecule has 1 radical (unpaired) electrons. The molecule has 0 saturated carbocycles. The minimum Gasteiger partial charge on any atom is -0.129 e. The monoisotopic (exact) mass is 183 g/mol. The first-order chi connectivity index (χ1) is 5.29. The summed E-state index contributed by atoms with van der Waals surface area (Å²) in [6.07, 6.45) is 4.19. The van der Waals surface area contributed by atoms with Gasteiger partial charge in [0, 0.05) is 9.79 Å². The molecular formula is C9H11S2. The zero-order chi connectivity index (χ0) is 8.27. The van der Waals surface area contributed by atoms with E-state index in [-0.39, 0.29) is 0 Å². The van der Waals surface area contributed by atoms with Crippen LogP contribution in [-0.2, 0) is 0 Å². The molecule has 1 aromatic rings. The van der Waals surface area contributed by atoms with Crippen LogP contribution in [0.1, 0.15) is 5.56 Å². The van der Waals surface area contributed by atoms with Gasteiger partial charge in [-0.05, 0) is 37.1 Å². The quantitative estimate of drug-likeness (QED) is 0.646. The third-order valence-corrected chi connectivity index (χ3v) is 3.30. The molecule has 0 spiro atoms. The van der Waals surface area contributed by atoms with E-state index in [9.17, 15) is 0 Å². The highest BCUT2D eigenvalue weighted by Crippen LogP contribution is 2.27. The largest absolute Gasteiger partial charge is 0.129 e. The van der Waals surface area contributed by atoms with E-state index in [1.54, 1.807) is 23.5 Å². The van der Waals surface area contributed by atoms with Crippen molar-refractivity contribution in [3.05, 3.63) is 23.8 Å². The van der Waals surface area contributed by atoms with E-state index in [4.69, 9.17) is 0 Å². The van der Waals surface area contributed by atoms with Gasteiger partial charge >= 0.3 is 0 Å². The number of rotatable bonds is 2.